The summed E-state index contributed by atoms with van der Waals surface area (Å²) in [5, 5.41) is 0.992. The van der Waals surface area contributed by atoms with Gasteiger partial charge in [0.1, 0.15) is 5.69 Å². The summed E-state index contributed by atoms with van der Waals surface area (Å²) in [6, 6.07) is 7.81. The number of fused-ring (bicyclic) bond motifs is 1. The first-order chi connectivity index (χ1) is 9.74. The molecule has 1 aromatic carbocycles. The highest BCUT2D eigenvalue weighted by Crippen LogP contribution is 2.24. The van der Waals surface area contributed by atoms with E-state index in [0.717, 1.165) is 22.6 Å². The van der Waals surface area contributed by atoms with Crippen LogP contribution in [0.25, 0.3) is 10.9 Å². The quantitative estimate of drug-likeness (QED) is 0.279. The Balaban J connectivity index is 2.07. The topological polar surface area (TPSA) is 60.5 Å². The molecule has 0 fully saturated rings. The number of nitrogens with one attached hydrogen (secondary N) is 1. The van der Waals surface area contributed by atoms with Crippen LogP contribution in [0.3, 0.4) is 0 Å². The van der Waals surface area contributed by atoms with Gasteiger partial charge in [0.2, 0.25) is 0 Å². The fourth-order valence-electron chi connectivity index (χ4n) is 1.82. The summed E-state index contributed by atoms with van der Waals surface area (Å²) in [4.78, 5) is 19.6. The highest BCUT2D eigenvalue weighted by Gasteiger charge is 2.10. The number of aromatic nitrogens is 1. The molecule has 5 nitrogen and oxygen atoms in total. The van der Waals surface area contributed by atoms with E-state index in [4.69, 9.17) is 14.3 Å². The number of esters is 1. The Labute approximate surface area is 119 Å². The van der Waals surface area contributed by atoms with Crippen LogP contribution in [0.1, 0.15) is 29.9 Å². The van der Waals surface area contributed by atoms with Crippen LogP contribution in [0.4, 0.5) is 0 Å². The van der Waals surface area contributed by atoms with Crippen molar-refractivity contribution in [1.29, 1.82) is 0 Å². The van der Waals surface area contributed by atoms with Crippen LogP contribution in [-0.2, 0) is 20.5 Å². The van der Waals surface area contributed by atoms with Gasteiger partial charge in [-0.05, 0) is 37.6 Å². The Hall–Kier alpha value is -1.42. The van der Waals surface area contributed by atoms with Crippen LogP contribution in [0.5, 0.6) is 0 Å². The molecule has 1 heterocycles. The summed E-state index contributed by atoms with van der Waals surface area (Å²) >= 11 is 0. The number of aromatic amines is 1. The second-order valence-corrected chi connectivity index (χ2v) is 4.94. The van der Waals surface area contributed by atoms with Crippen LogP contribution >= 0.6 is 8.81 Å². The summed E-state index contributed by atoms with van der Waals surface area (Å²) in [5.41, 5.74) is 2.54. The number of hydrogen-bond acceptors (Lipinski definition) is 4. The van der Waals surface area contributed by atoms with Gasteiger partial charge in [-0.3, -0.25) is 0 Å². The molecule has 0 saturated heterocycles. The summed E-state index contributed by atoms with van der Waals surface area (Å²) in [6.45, 7) is 4.59. The number of carbonyl (C=O) groups excluding carboxylic acids is 1. The average Bonchev–Trinajstić information content (AvgIpc) is 2.87. The van der Waals surface area contributed by atoms with E-state index in [9.17, 15) is 4.79 Å². The molecule has 1 aromatic heterocycles. The largest absolute Gasteiger partial charge is 0.461 e. The third kappa shape index (κ3) is 3.79. The van der Waals surface area contributed by atoms with Crippen molar-refractivity contribution < 1.29 is 19.1 Å². The molecule has 0 radical (unpaired) electrons. The molecular weight excluding hydrogens is 277 g/mol. The predicted octanol–water partition coefficient (Wildman–Crippen LogP) is 3.41. The molecule has 2 rings (SSSR count). The number of benzene rings is 1. The lowest BCUT2D eigenvalue weighted by molar-refractivity contribution is -0.191. The van der Waals surface area contributed by atoms with Gasteiger partial charge in [-0.25, -0.2) is 14.4 Å². The lowest BCUT2D eigenvalue weighted by Crippen LogP contribution is -2.04. The smallest absolute Gasteiger partial charge is 0.354 e. The number of H-pyrrole nitrogens is 1. The molecule has 2 aromatic rings. The Morgan fingerprint density at radius 3 is 2.85 bits per heavy atom. The van der Waals surface area contributed by atoms with Crippen LogP contribution in [0.2, 0.25) is 0 Å². The molecule has 0 aliphatic rings. The second-order valence-electron chi connectivity index (χ2n) is 4.14. The van der Waals surface area contributed by atoms with Crippen LogP contribution in [0.15, 0.2) is 24.3 Å². The summed E-state index contributed by atoms with van der Waals surface area (Å²) in [6.07, 6.45) is 0.788. The zero-order valence-electron chi connectivity index (χ0n) is 11.6. The Bertz CT molecular complexity index is 582. The van der Waals surface area contributed by atoms with Crippen molar-refractivity contribution in [2.24, 2.45) is 0 Å². The van der Waals surface area contributed by atoms with E-state index in [1.54, 1.807) is 6.92 Å². The third-order valence-corrected chi connectivity index (χ3v) is 3.48. The first-order valence-electron chi connectivity index (χ1n) is 6.54. The van der Waals surface area contributed by atoms with Gasteiger partial charge in [0, 0.05) is 17.1 Å². The van der Waals surface area contributed by atoms with Crippen molar-refractivity contribution >= 4 is 25.7 Å². The molecule has 1 unspecified atom stereocenters. The van der Waals surface area contributed by atoms with Crippen molar-refractivity contribution in [1.82, 2.24) is 4.98 Å². The van der Waals surface area contributed by atoms with E-state index in [2.05, 4.69) is 4.98 Å². The van der Waals surface area contributed by atoms with E-state index < -0.39 is 0 Å². The molecule has 108 valence electrons. The minimum absolute atomic E-state index is 0.266. The second kappa shape index (κ2) is 7.39. The van der Waals surface area contributed by atoms with Gasteiger partial charge in [0.15, 0.2) is 0 Å². The fourth-order valence-corrected chi connectivity index (χ4v) is 2.47. The van der Waals surface area contributed by atoms with Gasteiger partial charge in [0.05, 0.1) is 22.0 Å². The lowest BCUT2D eigenvalue weighted by atomic mass is 10.2. The molecular formula is C14H18NO4P. The molecule has 20 heavy (non-hydrogen) atoms. The van der Waals surface area contributed by atoms with Crippen molar-refractivity contribution in [3.8, 4) is 0 Å². The standard InChI is InChI=1S/C14H18NO4P/c1-3-17-14(16)13-8-11-7-10(5-6-12(11)15-13)9-20-19-18-4-2/h5-8,15,20H,3-4,9H2,1-2H3. The van der Waals surface area contributed by atoms with Gasteiger partial charge >= 0.3 is 5.97 Å². The van der Waals surface area contributed by atoms with Gasteiger partial charge in [0.25, 0.3) is 0 Å². The maximum atomic E-state index is 11.7. The average molecular weight is 295 g/mol. The molecule has 1 N–H and O–H groups in total. The maximum Gasteiger partial charge on any atom is 0.354 e. The lowest BCUT2D eigenvalue weighted by Gasteiger charge is -2.02. The molecule has 0 aliphatic carbocycles. The number of carbonyl (C=O) groups is 1. The highest BCUT2D eigenvalue weighted by molar-refractivity contribution is 7.31. The summed E-state index contributed by atoms with van der Waals surface area (Å²) in [5.74, 6) is -0.327. The van der Waals surface area contributed by atoms with E-state index in [1.165, 1.54) is 0 Å². The number of hydrogen-bond donors (Lipinski definition) is 1. The molecule has 0 bridgehead atoms. The van der Waals surface area contributed by atoms with Crippen molar-refractivity contribution in [2.45, 2.75) is 20.0 Å². The van der Waals surface area contributed by atoms with Gasteiger partial charge in [-0.2, -0.15) is 0 Å². The van der Waals surface area contributed by atoms with Crippen LogP contribution in [-0.4, -0.2) is 24.2 Å². The fraction of sp³-hybridized carbons (Fsp3) is 0.357. The monoisotopic (exact) mass is 295 g/mol. The normalized spacial score (nSPS) is 11.5. The Morgan fingerprint density at radius 1 is 1.25 bits per heavy atom. The number of rotatable bonds is 7. The molecule has 0 amide bonds. The van der Waals surface area contributed by atoms with Gasteiger partial charge in [-0.15, -0.1) is 0 Å². The van der Waals surface area contributed by atoms with E-state index in [-0.39, 0.29) is 14.8 Å². The number of ether oxygens (including phenoxy) is 1. The molecule has 0 saturated carbocycles. The third-order valence-electron chi connectivity index (χ3n) is 2.69. The zero-order chi connectivity index (χ0) is 14.4. The van der Waals surface area contributed by atoms with E-state index >= 15 is 0 Å². The Morgan fingerprint density at radius 2 is 2.10 bits per heavy atom. The van der Waals surface area contributed by atoms with E-state index in [1.807, 2.05) is 31.2 Å². The van der Waals surface area contributed by atoms with Gasteiger partial charge in [-0.1, -0.05) is 6.07 Å². The molecule has 0 aliphatic heterocycles. The van der Waals surface area contributed by atoms with Crippen LogP contribution in [0, 0.1) is 0 Å². The summed E-state index contributed by atoms with van der Waals surface area (Å²) < 4.78 is 9.99. The highest BCUT2D eigenvalue weighted by atomic mass is 31.1. The van der Waals surface area contributed by atoms with E-state index in [0.29, 0.717) is 18.9 Å². The maximum absolute atomic E-state index is 11.7. The minimum Gasteiger partial charge on any atom is -0.461 e. The first-order valence-corrected chi connectivity index (χ1v) is 7.66. The van der Waals surface area contributed by atoms with Crippen LogP contribution < -0.4 is 0 Å². The molecule has 6 heteroatoms. The molecule has 1 atom stereocenters. The van der Waals surface area contributed by atoms with Gasteiger partial charge < -0.3 is 9.72 Å². The van der Waals surface area contributed by atoms with Crippen molar-refractivity contribution in [2.75, 3.05) is 13.2 Å². The molecule has 0 spiro atoms. The Kier molecular flexibility index (Phi) is 5.53. The SMILES string of the molecule is CCOOPCc1ccc2[nH]c(C(=O)OCC)cc2c1. The first kappa shape index (κ1) is 15.0. The zero-order valence-corrected chi connectivity index (χ0v) is 12.6. The minimum atomic E-state index is -0.327. The van der Waals surface area contributed by atoms with Crippen molar-refractivity contribution in [3.05, 3.63) is 35.5 Å². The van der Waals surface area contributed by atoms with Crippen molar-refractivity contribution in [3.63, 3.8) is 0 Å². The predicted molar refractivity (Wildman–Crippen MR) is 79.0 cm³/mol. The summed E-state index contributed by atoms with van der Waals surface area (Å²) in [7, 11) is 0.266.